The van der Waals surface area contributed by atoms with Crippen molar-refractivity contribution in [2.24, 2.45) is 0 Å². The molecule has 35 heavy (non-hydrogen) atoms. The van der Waals surface area contributed by atoms with Gasteiger partial charge in [0.2, 0.25) is 0 Å². The number of ether oxygens (including phenoxy) is 1. The van der Waals surface area contributed by atoms with Crippen molar-refractivity contribution in [3.63, 3.8) is 0 Å². The van der Waals surface area contributed by atoms with E-state index in [-0.39, 0.29) is 17.5 Å². The molecular weight excluding hydrogens is 536 g/mol. The van der Waals surface area contributed by atoms with E-state index in [0.29, 0.717) is 20.7 Å². The first kappa shape index (κ1) is 24.6. The highest BCUT2D eigenvalue weighted by atomic mass is 79.9. The van der Waals surface area contributed by atoms with E-state index >= 15 is 0 Å². The van der Waals surface area contributed by atoms with Crippen LogP contribution in [0.1, 0.15) is 31.8 Å². The molecule has 1 aliphatic rings. The standard InChI is InChI=1S/C26H20BrClN2O5/c1-15-20(12-11-19(27)23(15)28)29-22(31)14-35-26(34)21(13-16-7-3-2-4-8-16)30-24(32)17-9-5-6-10-18(17)25(30)33/h2-12,21H,13-14H2,1H3,(H,29,31)/t21-/m0/s1. The van der Waals surface area contributed by atoms with Crippen LogP contribution in [0.4, 0.5) is 5.69 Å². The summed E-state index contributed by atoms with van der Waals surface area (Å²) in [5, 5.41) is 3.11. The summed E-state index contributed by atoms with van der Waals surface area (Å²) in [4.78, 5) is 52.6. The van der Waals surface area contributed by atoms with Crippen molar-refractivity contribution in [3.05, 3.63) is 98.5 Å². The summed E-state index contributed by atoms with van der Waals surface area (Å²) >= 11 is 9.52. The van der Waals surface area contributed by atoms with Crippen molar-refractivity contribution in [2.75, 3.05) is 11.9 Å². The zero-order valence-corrected chi connectivity index (χ0v) is 20.9. The van der Waals surface area contributed by atoms with Crippen LogP contribution in [0.25, 0.3) is 0 Å². The molecule has 7 nitrogen and oxygen atoms in total. The molecule has 3 amide bonds. The third-order valence-corrected chi connectivity index (χ3v) is 7.02. The lowest BCUT2D eigenvalue weighted by Gasteiger charge is -2.24. The monoisotopic (exact) mass is 554 g/mol. The van der Waals surface area contributed by atoms with Gasteiger partial charge >= 0.3 is 5.97 Å². The fourth-order valence-electron chi connectivity index (χ4n) is 3.81. The minimum Gasteiger partial charge on any atom is -0.454 e. The number of rotatable bonds is 7. The number of hydrogen-bond donors (Lipinski definition) is 1. The van der Waals surface area contributed by atoms with Crippen molar-refractivity contribution in [1.82, 2.24) is 4.90 Å². The lowest BCUT2D eigenvalue weighted by molar-refractivity contribution is -0.151. The van der Waals surface area contributed by atoms with E-state index in [1.165, 1.54) is 0 Å². The molecule has 0 saturated carbocycles. The molecule has 3 aromatic rings. The Morgan fingerprint density at radius 3 is 2.20 bits per heavy atom. The van der Waals surface area contributed by atoms with Crippen LogP contribution in [0.15, 0.2) is 71.2 Å². The lowest BCUT2D eigenvalue weighted by Crippen LogP contribution is -2.47. The summed E-state index contributed by atoms with van der Waals surface area (Å²) in [5.41, 5.74) is 2.30. The van der Waals surface area contributed by atoms with Gasteiger partial charge in [-0.25, -0.2) is 4.79 Å². The summed E-state index contributed by atoms with van der Waals surface area (Å²) < 4.78 is 5.96. The second-order valence-corrected chi connectivity index (χ2v) is 9.15. The molecule has 178 valence electrons. The Balaban J connectivity index is 1.51. The first-order valence-electron chi connectivity index (χ1n) is 10.7. The van der Waals surface area contributed by atoms with Gasteiger partial charge in [0.25, 0.3) is 17.7 Å². The Morgan fingerprint density at radius 2 is 1.57 bits per heavy atom. The fourth-order valence-corrected chi connectivity index (χ4v) is 4.41. The van der Waals surface area contributed by atoms with Gasteiger partial charge in [0, 0.05) is 16.6 Å². The number of fused-ring (bicyclic) bond motifs is 1. The van der Waals surface area contributed by atoms with Crippen molar-refractivity contribution in [2.45, 2.75) is 19.4 Å². The van der Waals surface area contributed by atoms with Gasteiger partial charge in [0.15, 0.2) is 6.61 Å². The molecule has 0 spiro atoms. The average molecular weight is 556 g/mol. The third-order valence-electron chi connectivity index (χ3n) is 5.64. The number of imide groups is 1. The number of hydrogen-bond acceptors (Lipinski definition) is 5. The maximum atomic E-state index is 13.1. The Hall–Kier alpha value is -3.49. The van der Waals surface area contributed by atoms with Crippen LogP contribution in [0, 0.1) is 6.92 Å². The van der Waals surface area contributed by atoms with E-state index in [2.05, 4.69) is 21.2 Å². The molecule has 1 N–H and O–H groups in total. The second kappa shape index (κ2) is 10.4. The number of amides is 3. The molecule has 0 saturated heterocycles. The molecule has 1 atom stereocenters. The summed E-state index contributed by atoms with van der Waals surface area (Å²) in [7, 11) is 0. The average Bonchev–Trinajstić information content (AvgIpc) is 3.12. The number of nitrogens with zero attached hydrogens (tertiary/aromatic N) is 1. The minimum atomic E-state index is -1.23. The van der Waals surface area contributed by atoms with E-state index in [0.717, 1.165) is 10.5 Å². The first-order chi connectivity index (χ1) is 16.8. The van der Waals surface area contributed by atoms with Crippen LogP contribution < -0.4 is 5.32 Å². The topological polar surface area (TPSA) is 92.8 Å². The molecule has 0 radical (unpaired) electrons. The molecule has 0 fully saturated rings. The number of anilines is 1. The first-order valence-corrected chi connectivity index (χ1v) is 11.9. The fraction of sp³-hybridized carbons (Fsp3) is 0.154. The zero-order valence-electron chi connectivity index (χ0n) is 18.6. The Morgan fingerprint density at radius 1 is 0.971 bits per heavy atom. The van der Waals surface area contributed by atoms with Crippen LogP contribution in [-0.2, 0) is 20.7 Å². The molecule has 4 rings (SSSR count). The summed E-state index contributed by atoms with van der Waals surface area (Å²) in [5.74, 6) is -2.59. The van der Waals surface area contributed by atoms with Crippen LogP contribution in [-0.4, -0.2) is 41.2 Å². The van der Waals surface area contributed by atoms with E-state index < -0.39 is 36.3 Å². The maximum absolute atomic E-state index is 13.1. The van der Waals surface area contributed by atoms with Gasteiger partial charge in [-0.3, -0.25) is 19.3 Å². The number of carbonyl (C=O) groups excluding carboxylic acids is 4. The molecule has 0 aliphatic carbocycles. The van der Waals surface area contributed by atoms with E-state index in [4.69, 9.17) is 16.3 Å². The number of nitrogens with one attached hydrogen (secondary N) is 1. The summed E-state index contributed by atoms with van der Waals surface area (Å²) in [6, 6.07) is 17.5. The largest absolute Gasteiger partial charge is 0.454 e. The molecule has 3 aromatic carbocycles. The van der Waals surface area contributed by atoms with Gasteiger partial charge in [-0.2, -0.15) is 0 Å². The molecule has 1 aliphatic heterocycles. The van der Waals surface area contributed by atoms with Crippen LogP contribution >= 0.6 is 27.5 Å². The summed E-state index contributed by atoms with van der Waals surface area (Å²) in [6.45, 7) is 1.15. The smallest absolute Gasteiger partial charge is 0.330 e. The highest BCUT2D eigenvalue weighted by molar-refractivity contribution is 9.10. The lowest BCUT2D eigenvalue weighted by atomic mass is 10.0. The van der Waals surface area contributed by atoms with Gasteiger partial charge < -0.3 is 10.1 Å². The number of benzene rings is 3. The van der Waals surface area contributed by atoms with E-state index in [1.807, 2.05) is 6.07 Å². The Bertz CT molecular complexity index is 1290. The van der Waals surface area contributed by atoms with Gasteiger partial charge in [-0.1, -0.05) is 54.1 Å². The number of halogens is 2. The number of esters is 1. The van der Waals surface area contributed by atoms with Gasteiger partial charge in [-0.05, 0) is 58.2 Å². The van der Waals surface area contributed by atoms with E-state index in [1.54, 1.807) is 67.6 Å². The van der Waals surface area contributed by atoms with Crippen molar-refractivity contribution in [1.29, 1.82) is 0 Å². The second-order valence-electron chi connectivity index (χ2n) is 7.92. The molecule has 0 aromatic heterocycles. The van der Waals surface area contributed by atoms with Gasteiger partial charge in [0.1, 0.15) is 6.04 Å². The predicted molar refractivity (Wildman–Crippen MR) is 134 cm³/mol. The van der Waals surface area contributed by atoms with Crippen molar-refractivity contribution >= 4 is 56.9 Å². The van der Waals surface area contributed by atoms with Crippen molar-refractivity contribution in [3.8, 4) is 0 Å². The molecule has 0 unspecified atom stereocenters. The normalized spacial score (nSPS) is 13.4. The minimum absolute atomic E-state index is 0.0498. The highest BCUT2D eigenvalue weighted by Gasteiger charge is 2.43. The Kier molecular flexibility index (Phi) is 7.33. The SMILES string of the molecule is Cc1c(NC(=O)COC(=O)[C@H](Cc2ccccc2)N2C(=O)c3ccccc3C2=O)ccc(Br)c1Cl. The molecular formula is C26H20BrClN2O5. The van der Waals surface area contributed by atoms with Gasteiger partial charge in [-0.15, -0.1) is 0 Å². The van der Waals surface area contributed by atoms with Gasteiger partial charge in [0.05, 0.1) is 16.1 Å². The van der Waals surface area contributed by atoms with E-state index in [9.17, 15) is 19.2 Å². The van der Waals surface area contributed by atoms with Crippen LogP contribution in [0.3, 0.4) is 0 Å². The molecule has 1 heterocycles. The quantitative estimate of drug-likeness (QED) is 0.334. The third kappa shape index (κ3) is 5.13. The highest BCUT2D eigenvalue weighted by Crippen LogP contribution is 2.31. The number of carbonyl (C=O) groups is 4. The van der Waals surface area contributed by atoms with Crippen molar-refractivity contribution < 1.29 is 23.9 Å². The summed E-state index contributed by atoms with van der Waals surface area (Å²) in [6.07, 6.45) is 0.0498. The van der Waals surface area contributed by atoms with Crippen LogP contribution in [0.5, 0.6) is 0 Å². The molecule has 9 heteroatoms. The van der Waals surface area contributed by atoms with Crippen LogP contribution in [0.2, 0.25) is 5.02 Å². The zero-order chi connectivity index (χ0) is 25.1. The maximum Gasteiger partial charge on any atom is 0.330 e. The molecule has 0 bridgehead atoms. The Labute approximate surface area is 215 Å². The predicted octanol–water partition coefficient (Wildman–Crippen LogP) is 4.80.